The van der Waals surface area contributed by atoms with E-state index in [0.29, 0.717) is 11.8 Å². The van der Waals surface area contributed by atoms with E-state index >= 15 is 0 Å². The Labute approximate surface area is 133 Å². The number of halogens is 5. The minimum Gasteiger partial charge on any atom is -0.406 e. The predicted octanol–water partition coefficient (Wildman–Crippen LogP) is 3.91. The summed E-state index contributed by atoms with van der Waals surface area (Å²) in [6, 6.07) is 7.30. The zero-order valence-corrected chi connectivity index (χ0v) is 12.0. The summed E-state index contributed by atoms with van der Waals surface area (Å²) in [6.45, 7) is -0.252. The number of anilines is 2. The van der Waals surface area contributed by atoms with Gasteiger partial charge in [-0.15, -0.1) is 13.2 Å². The normalized spacial score (nSPS) is 11.0. The number of ether oxygens (including phenoxy) is 1. The fourth-order valence-electron chi connectivity index (χ4n) is 1.79. The van der Waals surface area contributed by atoms with E-state index in [2.05, 4.69) is 15.4 Å². The molecule has 2 N–H and O–H groups in total. The highest BCUT2D eigenvalue weighted by Crippen LogP contribution is 2.23. The number of benzene rings is 2. The van der Waals surface area contributed by atoms with Gasteiger partial charge in [0, 0.05) is 17.4 Å². The maximum absolute atomic E-state index is 13.0. The standard InChI is InChI=1S/C15H11F5N2O2/c16-9-5-10(17)7-12(6-9)22-14(23)8-21-11-1-3-13(4-2-11)24-15(18,19)20/h1-7,21H,8H2,(H,22,23). The molecule has 0 aliphatic heterocycles. The molecule has 0 aliphatic rings. The van der Waals surface area contributed by atoms with E-state index in [-0.39, 0.29) is 12.2 Å². The molecule has 0 unspecified atom stereocenters. The minimum absolute atomic E-state index is 0.0479. The van der Waals surface area contributed by atoms with Crippen molar-refractivity contribution in [3.05, 3.63) is 54.1 Å². The van der Waals surface area contributed by atoms with Gasteiger partial charge in [-0.1, -0.05) is 0 Å². The molecule has 4 nitrogen and oxygen atoms in total. The van der Waals surface area contributed by atoms with E-state index in [0.717, 1.165) is 24.3 Å². The molecular formula is C15H11F5N2O2. The molecule has 0 radical (unpaired) electrons. The number of carbonyl (C=O) groups excluding carboxylic acids is 1. The Morgan fingerprint density at radius 2 is 1.54 bits per heavy atom. The van der Waals surface area contributed by atoms with E-state index in [4.69, 9.17) is 0 Å². The second-order valence-corrected chi connectivity index (χ2v) is 4.63. The lowest BCUT2D eigenvalue weighted by Gasteiger charge is -2.10. The highest BCUT2D eigenvalue weighted by molar-refractivity contribution is 5.93. The molecule has 0 aliphatic carbocycles. The third kappa shape index (κ3) is 5.75. The molecule has 9 heteroatoms. The van der Waals surface area contributed by atoms with Crippen LogP contribution in [-0.2, 0) is 4.79 Å². The van der Waals surface area contributed by atoms with Crippen LogP contribution in [0, 0.1) is 11.6 Å². The average Bonchev–Trinajstić information content (AvgIpc) is 2.44. The lowest BCUT2D eigenvalue weighted by atomic mass is 10.3. The second-order valence-electron chi connectivity index (χ2n) is 4.63. The molecule has 0 aromatic heterocycles. The van der Waals surface area contributed by atoms with Gasteiger partial charge in [0.1, 0.15) is 17.4 Å². The van der Waals surface area contributed by atoms with Gasteiger partial charge in [0.05, 0.1) is 6.54 Å². The summed E-state index contributed by atoms with van der Waals surface area (Å²) in [4.78, 5) is 11.7. The maximum Gasteiger partial charge on any atom is 0.573 e. The Morgan fingerprint density at radius 1 is 0.958 bits per heavy atom. The van der Waals surface area contributed by atoms with E-state index < -0.39 is 29.7 Å². The van der Waals surface area contributed by atoms with Crippen LogP contribution in [0.15, 0.2) is 42.5 Å². The van der Waals surface area contributed by atoms with Crippen LogP contribution in [0.25, 0.3) is 0 Å². The van der Waals surface area contributed by atoms with Crippen molar-refractivity contribution in [2.45, 2.75) is 6.36 Å². The summed E-state index contributed by atoms with van der Waals surface area (Å²) in [7, 11) is 0. The van der Waals surface area contributed by atoms with Crippen LogP contribution in [0.2, 0.25) is 0 Å². The Bertz CT molecular complexity index is 697. The number of amides is 1. The van der Waals surface area contributed by atoms with Crippen LogP contribution >= 0.6 is 0 Å². The summed E-state index contributed by atoms with van der Waals surface area (Å²) in [5.41, 5.74) is 0.318. The van der Waals surface area contributed by atoms with Gasteiger partial charge in [-0.25, -0.2) is 8.78 Å². The Balaban J connectivity index is 1.87. The first-order valence-electron chi connectivity index (χ1n) is 6.57. The quantitative estimate of drug-likeness (QED) is 0.807. The molecule has 0 atom stereocenters. The molecule has 1 amide bonds. The number of carbonyl (C=O) groups is 1. The van der Waals surface area contributed by atoms with Gasteiger partial charge < -0.3 is 15.4 Å². The predicted molar refractivity (Wildman–Crippen MR) is 76.6 cm³/mol. The van der Waals surface area contributed by atoms with E-state index in [9.17, 15) is 26.7 Å². The summed E-state index contributed by atoms with van der Waals surface area (Å²) >= 11 is 0. The van der Waals surface area contributed by atoms with Crippen molar-refractivity contribution in [3.8, 4) is 5.75 Å². The summed E-state index contributed by atoms with van der Waals surface area (Å²) in [5, 5.41) is 4.93. The van der Waals surface area contributed by atoms with Crippen LogP contribution < -0.4 is 15.4 Å². The smallest absolute Gasteiger partial charge is 0.406 e. The molecule has 2 aromatic rings. The van der Waals surface area contributed by atoms with Crippen LogP contribution in [0.5, 0.6) is 5.75 Å². The maximum atomic E-state index is 13.0. The molecule has 128 valence electrons. The van der Waals surface area contributed by atoms with Gasteiger partial charge in [0.15, 0.2) is 0 Å². The highest BCUT2D eigenvalue weighted by Gasteiger charge is 2.30. The van der Waals surface area contributed by atoms with Crippen LogP contribution in [-0.4, -0.2) is 18.8 Å². The Hall–Kier alpha value is -2.84. The number of rotatable bonds is 5. The topological polar surface area (TPSA) is 50.4 Å². The number of hydrogen-bond acceptors (Lipinski definition) is 3. The molecule has 0 fully saturated rings. The second kappa shape index (κ2) is 7.16. The Morgan fingerprint density at radius 3 is 2.08 bits per heavy atom. The molecule has 0 spiro atoms. The van der Waals surface area contributed by atoms with Crippen LogP contribution in [0.3, 0.4) is 0 Å². The van der Waals surface area contributed by atoms with Crippen molar-refractivity contribution in [1.29, 1.82) is 0 Å². The number of nitrogens with one attached hydrogen (secondary N) is 2. The van der Waals surface area contributed by atoms with Gasteiger partial charge in [-0.05, 0) is 36.4 Å². The number of hydrogen-bond donors (Lipinski definition) is 2. The van der Waals surface area contributed by atoms with E-state index in [1.165, 1.54) is 12.1 Å². The average molecular weight is 346 g/mol. The van der Waals surface area contributed by atoms with E-state index in [1.54, 1.807) is 0 Å². The first-order chi connectivity index (χ1) is 11.2. The SMILES string of the molecule is O=C(CNc1ccc(OC(F)(F)F)cc1)Nc1cc(F)cc(F)c1. The molecule has 0 heterocycles. The molecule has 24 heavy (non-hydrogen) atoms. The molecular weight excluding hydrogens is 335 g/mol. The number of alkyl halides is 3. The summed E-state index contributed by atoms with van der Waals surface area (Å²) in [5.74, 6) is -2.65. The van der Waals surface area contributed by atoms with Crippen molar-refractivity contribution in [2.75, 3.05) is 17.2 Å². The zero-order chi connectivity index (χ0) is 17.7. The van der Waals surface area contributed by atoms with Crippen molar-refractivity contribution in [1.82, 2.24) is 0 Å². The van der Waals surface area contributed by atoms with Crippen LogP contribution in [0.1, 0.15) is 0 Å². The first-order valence-corrected chi connectivity index (χ1v) is 6.57. The van der Waals surface area contributed by atoms with Gasteiger partial charge in [-0.3, -0.25) is 4.79 Å². The zero-order valence-electron chi connectivity index (χ0n) is 12.0. The molecule has 2 rings (SSSR count). The Kier molecular flexibility index (Phi) is 5.22. The molecule has 0 bridgehead atoms. The highest BCUT2D eigenvalue weighted by atomic mass is 19.4. The van der Waals surface area contributed by atoms with Crippen molar-refractivity contribution >= 4 is 17.3 Å². The van der Waals surface area contributed by atoms with Gasteiger partial charge in [0.25, 0.3) is 0 Å². The first kappa shape index (κ1) is 17.5. The molecule has 2 aromatic carbocycles. The van der Waals surface area contributed by atoms with E-state index in [1.807, 2.05) is 0 Å². The summed E-state index contributed by atoms with van der Waals surface area (Å²) in [6.07, 6.45) is -4.78. The third-order valence-electron chi connectivity index (χ3n) is 2.69. The lowest BCUT2D eigenvalue weighted by Crippen LogP contribution is -2.22. The van der Waals surface area contributed by atoms with Crippen molar-refractivity contribution in [2.24, 2.45) is 0 Å². The van der Waals surface area contributed by atoms with Crippen LogP contribution in [0.4, 0.5) is 33.3 Å². The fraction of sp³-hybridized carbons (Fsp3) is 0.133. The van der Waals surface area contributed by atoms with Gasteiger partial charge in [0.2, 0.25) is 5.91 Å². The largest absolute Gasteiger partial charge is 0.573 e. The van der Waals surface area contributed by atoms with Crippen molar-refractivity contribution in [3.63, 3.8) is 0 Å². The monoisotopic (exact) mass is 346 g/mol. The molecule has 0 saturated carbocycles. The van der Waals surface area contributed by atoms with Crippen molar-refractivity contribution < 1.29 is 31.5 Å². The lowest BCUT2D eigenvalue weighted by molar-refractivity contribution is -0.274. The fourth-order valence-corrected chi connectivity index (χ4v) is 1.79. The minimum atomic E-state index is -4.78. The third-order valence-corrected chi connectivity index (χ3v) is 2.69. The van der Waals surface area contributed by atoms with Gasteiger partial charge >= 0.3 is 6.36 Å². The van der Waals surface area contributed by atoms with Gasteiger partial charge in [-0.2, -0.15) is 0 Å². The summed E-state index contributed by atoms with van der Waals surface area (Å²) < 4.78 is 65.7. The molecule has 0 saturated heterocycles.